The lowest BCUT2D eigenvalue weighted by molar-refractivity contribution is 0.326. The number of nitriles is 1. The zero-order valence-corrected chi connectivity index (χ0v) is 19.5. The number of methoxy groups -OCH3 is 1. The minimum absolute atomic E-state index is 0.0669. The van der Waals surface area contributed by atoms with E-state index in [0.717, 1.165) is 5.56 Å². The Morgan fingerprint density at radius 3 is 2.53 bits per heavy atom. The molecule has 0 atom stereocenters. The van der Waals surface area contributed by atoms with Gasteiger partial charge in [0.2, 0.25) is 5.95 Å². The Morgan fingerprint density at radius 2 is 1.81 bits per heavy atom. The third kappa shape index (κ3) is 5.85. The fourth-order valence-electron chi connectivity index (χ4n) is 3.43. The SMILES string of the molecule is COc1cccc(C=NNc2nc(-c3ccccc3)c(C#N)c(=O)[nH]2)c1OCC=Cc1ccccc1. The summed E-state index contributed by atoms with van der Waals surface area (Å²) in [5.41, 5.74) is 4.77. The second-order valence-electron chi connectivity index (χ2n) is 7.49. The number of nitrogens with one attached hydrogen (secondary N) is 2. The van der Waals surface area contributed by atoms with Gasteiger partial charge in [0, 0.05) is 11.1 Å². The number of para-hydroxylation sites is 1. The summed E-state index contributed by atoms with van der Waals surface area (Å²) in [6, 6.07) is 26.3. The summed E-state index contributed by atoms with van der Waals surface area (Å²) >= 11 is 0. The van der Waals surface area contributed by atoms with Crippen molar-refractivity contribution in [3.63, 3.8) is 0 Å². The second-order valence-corrected chi connectivity index (χ2v) is 7.49. The first-order valence-electron chi connectivity index (χ1n) is 11.1. The second kappa shape index (κ2) is 11.8. The molecule has 0 saturated carbocycles. The molecule has 0 amide bonds. The Balaban J connectivity index is 1.53. The van der Waals surface area contributed by atoms with Crippen molar-refractivity contribution in [2.24, 2.45) is 5.10 Å². The van der Waals surface area contributed by atoms with Gasteiger partial charge >= 0.3 is 0 Å². The lowest BCUT2D eigenvalue weighted by Crippen LogP contribution is -2.16. The molecular formula is C28H23N5O3. The van der Waals surface area contributed by atoms with Gasteiger partial charge in [-0.3, -0.25) is 9.78 Å². The van der Waals surface area contributed by atoms with Crippen LogP contribution in [-0.2, 0) is 0 Å². The fraction of sp³-hybridized carbons (Fsp3) is 0.0714. The number of benzene rings is 3. The molecule has 36 heavy (non-hydrogen) atoms. The highest BCUT2D eigenvalue weighted by molar-refractivity contribution is 5.85. The van der Waals surface area contributed by atoms with E-state index >= 15 is 0 Å². The maximum absolute atomic E-state index is 12.4. The molecular weight excluding hydrogens is 454 g/mol. The van der Waals surface area contributed by atoms with Crippen LogP contribution in [0.15, 0.2) is 94.8 Å². The molecule has 8 heteroatoms. The average Bonchev–Trinajstić information content (AvgIpc) is 2.92. The lowest BCUT2D eigenvalue weighted by atomic mass is 10.1. The monoisotopic (exact) mass is 477 g/mol. The molecule has 1 aromatic heterocycles. The first-order chi connectivity index (χ1) is 17.7. The summed E-state index contributed by atoms with van der Waals surface area (Å²) in [5.74, 6) is 1.18. The number of hydrazone groups is 1. The fourth-order valence-corrected chi connectivity index (χ4v) is 3.43. The molecule has 8 nitrogen and oxygen atoms in total. The molecule has 3 aromatic carbocycles. The van der Waals surface area contributed by atoms with Crippen LogP contribution in [0.2, 0.25) is 0 Å². The number of anilines is 1. The topological polar surface area (TPSA) is 112 Å². The summed E-state index contributed by atoms with van der Waals surface area (Å²) in [4.78, 5) is 19.4. The van der Waals surface area contributed by atoms with Crippen LogP contribution in [0.25, 0.3) is 17.3 Å². The molecule has 4 rings (SSSR count). The van der Waals surface area contributed by atoms with Crippen molar-refractivity contribution in [2.45, 2.75) is 0 Å². The maximum atomic E-state index is 12.4. The number of nitrogens with zero attached hydrogens (tertiary/aromatic N) is 3. The number of ether oxygens (including phenoxy) is 2. The van der Waals surface area contributed by atoms with Crippen LogP contribution in [0.1, 0.15) is 16.7 Å². The van der Waals surface area contributed by atoms with Gasteiger partial charge in [-0.15, -0.1) is 0 Å². The zero-order valence-electron chi connectivity index (χ0n) is 19.5. The summed E-state index contributed by atoms with van der Waals surface area (Å²) in [5, 5.41) is 13.6. The van der Waals surface area contributed by atoms with Crippen molar-refractivity contribution in [3.8, 4) is 28.8 Å². The van der Waals surface area contributed by atoms with Crippen molar-refractivity contribution >= 4 is 18.2 Å². The summed E-state index contributed by atoms with van der Waals surface area (Å²) in [7, 11) is 1.57. The van der Waals surface area contributed by atoms with Gasteiger partial charge in [0.25, 0.3) is 5.56 Å². The van der Waals surface area contributed by atoms with Gasteiger partial charge < -0.3 is 9.47 Å². The molecule has 2 N–H and O–H groups in total. The highest BCUT2D eigenvalue weighted by Crippen LogP contribution is 2.30. The van der Waals surface area contributed by atoms with E-state index in [-0.39, 0.29) is 17.2 Å². The van der Waals surface area contributed by atoms with Crippen molar-refractivity contribution in [3.05, 3.63) is 112 Å². The molecule has 0 saturated heterocycles. The molecule has 0 spiro atoms. The Labute approximate surface area is 208 Å². The summed E-state index contributed by atoms with van der Waals surface area (Å²) in [6.07, 6.45) is 5.43. The normalized spacial score (nSPS) is 10.9. The standard InChI is InChI=1S/C28H23N5O3/c1-35-24-16-8-15-22(26(24)36-17-9-12-20-10-4-2-5-11-20)19-30-33-28-31-25(21-13-6-3-7-14-21)23(18-29)27(34)32-28/h2-16,19H,17H2,1H3,(H2,31,32,33,34). The Kier molecular flexibility index (Phi) is 7.87. The van der Waals surface area contributed by atoms with Crippen molar-refractivity contribution in [1.82, 2.24) is 9.97 Å². The molecule has 0 aliphatic heterocycles. The molecule has 4 aromatic rings. The number of hydrogen-bond acceptors (Lipinski definition) is 7. The number of aromatic amines is 1. The Bertz CT molecular complexity index is 1470. The van der Waals surface area contributed by atoms with Crippen molar-refractivity contribution in [2.75, 3.05) is 19.1 Å². The van der Waals surface area contributed by atoms with Crippen LogP contribution in [0.4, 0.5) is 5.95 Å². The van der Waals surface area contributed by atoms with E-state index in [1.165, 1.54) is 0 Å². The van der Waals surface area contributed by atoms with E-state index < -0.39 is 5.56 Å². The van der Waals surface area contributed by atoms with Gasteiger partial charge in [0.15, 0.2) is 11.5 Å². The third-order valence-corrected chi connectivity index (χ3v) is 5.12. The Hall–Kier alpha value is -5.16. The number of aromatic nitrogens is 2. The highest BCUT2D eigenvalue weighted by atomic mass is 16.5. The zero-order chi connectivity index (χ0) is 25.2. The van der Waals surface area contributed by atoms with Crippen LogP contribution in [0.3, 0.4) is 0 Å². The minimum atomic E-state index is -0.556. The van der Waals surface area contributed by atoms with Crippen LogP contribution in [0.5, 0.6) is 11.5 Å². The molecule has 0 aliphatic carbocycles. The molecule has 0 radical (unpaired) electrons. The van der Waals surface area contributed by atoms with E-state index in [1.807, 2.05) is 78.9 Å². The van der Waals surface area contributed by atoms with E-state index in [4.69, 9.17) is 9.47 Å². The number of rotatable bonds is 9. The quantitative estimate of drug-likeness (QED) is 0.263. The van der Waals surface area contributed by atoms with Gasteiger partial charge in [-0.25, -0.2) is 10.4 Å². The average molecular weight is 478 g/mol. The number of H-pyrrole nitrogens is 1. The summed E-state index contributed by atoms with van der Waals surface area (Å²) < 4.78 is 11.4. The van der Waals surface area contributed by atoms with Gasteiger partial charge in [-0.2, -0.15) is 10.4 Å². The maximum Gasteiger partial charge on any atom is 0.270 e. The van der Waals surface area contributed by atoms with Crippen LogP contribution < -0.4 is 20.5 Å². The largest absolute Gasteiger partial charge is 0.493 e. The van der Waals surface area contributed by atoms with Crippen molar-refractivity contribution in [1.29, 1.82) is 5.26 Å². The summed E-state index contributed by atoms with van der Waals surface area (Å²) in [6.45, 7) is 0.328. The van der Waals surface area contributed by atoms with Gasteiger partial charge in [-0.1, -0.05) is 72.8 Å². The van der Waals surface area contributed by atoms with E-state index in [2.05, 4.69) is 20.5 Å². The van der Waals surface area contributed by atoms with Gasteiger partial charge in [0.05, 0.1) is 19.0 Å². The highest BCUT2D eigenvalue weighted by Gasteiger charge is 2.13. The Morgan fingerprint density at radius 1 is 1.06 bits per heavy atom. The van der Waals surface area contributed by atoms with Crippen molar-refractivity contribution < 1.29 is 9.47 Å². The predicted molar refractivity (Wildman–Crippen MR) is 140 cm³/mol. The lowest BCUT2D eigenvalue weighted by Gasteiger charge is -2.12. The van der Waals surface area contributed by atoms with Crippen LogP contribution >= 0.6 is 0 Å². The first-order valence-corrected chi connectivity index (χ1v) is 11.1. The van der Waals surface area contributed by atoms with E-state index in [9.17, 15) is 10.1 Å². The molecule has 1 heterocycles. The predicted octanol–water partition coefficient (Wildman–Crippen LogP) is 4.86. The van der Waals surface area contributed by atoms with Gasteiger partial charge in [-0.05, 0) is 23.8 Å². The van der Waals surface area contributed by atoms with E-state index in [0.29, 0.717) is 29.2 Å². The molecule has 0 fully saturated rings. The number of hydrogen-bond donors (Lipinski definition) is 2. The van der Waals surface area contributed by atoms with Crippen LogP contribution in [0, 0.1) is 11.3 Å². The third-order valence-electron chi connectivity index (χ3n) is 5.12. The molecule has 178 valence electrons. The molecule has 0 aliphatic rings. The van der Waals surface area contributed by atoms with Crippen LogP contribution in [-0.4, -0.2) is 29.9 Å². The van der Waals surface area contributed by atoms with E-state index in [1.54, 1.807) is 31.5 Å². The van der Waals surface area contributed by atoms with Gasteiger partial charge in [0.1, 0.15) is 18.2 Å². The first kappa shape index (κ1) is 24.0. The smallest absolute Gasteiger partial charge is 0.270 e. The molecule has 0 unspecified atom stereocenters. The minimum Gasteiger partial charge on any atom is -0.493 e. The molecule has 0 bridgehead atoms.